The van der Waals surface area contributed by atoms with Gasteiger partial charge in [-0.15, -0.1) is 0 Å². The normalized spacial score (nSPS) is 16.1. The van der Waals surface area contributed by atoms with Gasteiger partial charge in [-0.2, -0.15) is 5.10 Å². The van der Waals surface area contributed by atoms with E-state index in [0.29, 0.717) is 0 Å². The average Bonchev–Trinajstić information content (AvgIpc) is 2.64. The zero-order chi connectivity index (χ0) is 12.4. The number of aliphatic hydroxyl groups is 1. The third-order valence-corrected chi connectivity index (χ3v) is 3.11. The van der Waals surface area contributed by atoms with E-state index in [0.717, 1.165) is 18.7 Å². The zero-order valence-electron chi connectivity index (χ0n) is 10.7. The van der Waals surface area contributed by atoms with E-state index < -0.39 is 5.60 Å². The first-order valence-corrected chi connectivity index (χ1v) is 5.81. The summed E-state index contributed by atoms with van der Waals surface area (Å²) in [4.78, 5) is 0. The molecule has 1 heterocycles. The predicted octanol–water partition coefficient (Wildman–Crippen LogP) is 1.49. The van der Waals surface area contributed by atoms with Crippen LogP contribution in [0.3, 0.4) is 0 Å². The summed E-state index contributed by atoms with van der Waals surface area (Å²) in [6.07, 6.45) is 2.71. The van der Waals surface area contributed by atoms with Crippen LogP contribution in [0.5, 0.6) is 0 Å². The van der Waals surface area contributed by atoms with E-state index in [1.807, 2.05) is 31.5 Å². The minimum Gasteiger partial charge on any atom is -0.382 e. The van der Waals surface area contributed by atoms with Gasteiger partial charge in [0.2, 0.25) is 0 Å². The van der Waals surface area contributed by atoms with E-state index in [4.69, 9.17) is 5.73 Å². The number of nitrogens with zero attached hydrogens (tertiary/aromatic N) is 2. The van der Waals surface area contributed by atoms with Crippen LogP contribution in [0.15, 0.2) is 12.3 Å². The zero-order valence-corrected chi connectivity index (χ0v) is 10.7. The first kappa shape index (κ1) is 13.2. The van der Waals surface area contributed by atoms with Gasteiger partial charge in [0, 0.05) is 19.3 Å². The summed E-state index contributed by atoms with van der Waals surface area (Å²) in [6, 6.07) is 1.85. The molecule has 0 fully saturated rings. The molecule has 4 nitrogen and oxygen atoms in total. The number of rotatable bonds is 4. The lowest BCUT2D eigenvalue weighted by molar-refractivity contribution is -0.0627. The van der Waals surface area contributed by atoms with Gasteiger partial charge in [0.1, 0.15) is 5.60 Å². The third kappa shape index (κ3) is 2.13. The molecular formula is C12H23N3O. The summed E-state index contributed by atoms with van der Waals surface area (Å²) in [5.74, 6) is 0. The largest absolute Gasteiger partial charge is 0.382 e. The highest BCUT2D eigenvalue weighted by Crippen LogP contribution is 2.38. The quantitative estimate of drug-likeness (QED) is 0.816. The van der Waals surface area contributed by atoms with E-state index >= 15 is 0 Å². The van der Waals surface area contributed by atoms with Crippen LogP contribution >= 0.6 is 0 Å². The molecule has 0 aliphatic heterocycles. The number of aryl methyl sites for hydroxylation is 1. The molecule has 0 saturated carbocycles. The standard InChI is InChI=1S/C12H23N3O/c1-5-8-15-10(6-7-14-15)12(16,9-13)11(2,3)4/h6-7,16H,5,8-9,13H2,1-4H3. The van der Waals surface area contributed by atoms with Crippen molar-refractivity contribution in [2.45, 2.75) is 46.3 Å². The van der Waals surface area contributed by atoms with Gasteiger partial charge >= 0.3 is 0 Å². The van der Waals surface area contributed by atoms with Crippen molar-refractivity contribution >= 4 is 0 Å². The molecule has 3 N–H and O–H groups in total. The summed E-state index contributed by atoms with van der Waals surface area (Å²) < 4.78 is 1.85. The van der Waals surface area contributed by atoms with Gasteiger partial charge in [-0.1, -0.05) is 27.7 Å². The van der Waals surface area contributed by atoms with Crippen LogP contribution < -0.4 is 5.73 Å². The molecule has 1 aromatic rings. The molecule has 1 aromatic heterocycles. The summed E-state index contributed by atoms with van der Waals surface area (Å²) in [5, 5.41) is 15.0. The van der Waals surface area contributed by atoms with Crippen molar-refractivity contribution in [3.05, 3.63) is 18.0 Å². The molecular weight excluding hydrogens is 202 g/mol. The predicted molar refractivity (Wildman–Crippen MR) is 64.9 cm³/mol. The fourth-order valence-electron chi connectivity index (χ4n) is 1.87. The summed E-state index contributed by atoms with van der Waals surface area (Å²) in [5.41, 5.74) is 5.23. The van der Waals surface area contributed by atoms with Gasteiger partial charge in [-0.3, -0.25) is 4.68 Å². The molecule has 0 aliphatic rings. The minimum absolute atomic E-state index is 0.200. The van der Waals surface area contributed by atoms with Crippen molar-refractivity contribution in [3.63, 3.8) is 0 Å². The smallest absolute Gasteiger partial charge is 0.123 e. The van der Waals surface area contributed by atoms with E-state index in [1.165, 1.54) is 0 Å². The lowest BCUT2D eigenvalue weighted by Crippen LogP contribution is -2.47. The van der Waals surface area contributed by atoms with Crippen LogP contribution in [0, 0.1) is 5.41 Å². The van der Waals surface area contributed by atoms with E-state index in [2.05, 4.69) is 12.0 Å². The minimum atomic E-state index is -1.03. The van der Waals surface area contributed by atoms with Crippen LogP contribution in [0.2, 0.25) is 0 Å². The van der Waals surface area contributed by atoms with Crippen LogP contribution in [0.4, 0.5) is 0 Å². The van der Waals surface area contributed by atoms with Crippen molar-refractivity contribution in [1.82, 2.24) is 9.78 Å². The Bertz CT molecular complexity index is 340. The SMILES string of the molecule is CCCn1nccc1C(O)(CN)C(C)(C)C. The first-order valence-electron chi connectivity index (χ1n) is 5.81. The number of aromatic nitrogens is 2. The molecule has 0 aromatic carbocycles. The van der Waals surface area contributed by atoms with Crippen LogP contribution in [-0.4, -0.2) is 21.4 Å². The highest BCUT2D eigenvalue weighted by Gasteiger charge is 2.42. The Labute approximate surface area is 97.5 Å². The second-order valence-corrected chi connectivity index (χ2v) is 5.25. The molecule has 4 heteroatoms. The number of hydrogen-bond donors (Lipinski definition) is 2. The lowest BCUT2D eigenvalue weighted by atomic mass is 9.74. The molecule has 16 heavy (non-hydrogen) atoms. The molecule has 92 valence electrons. The third-order valence-electron chi connectivity index (χ3n) is 3.11. The topological polar surface area (TPSA) is 64.1 Å². The molecule has 1 atom stereocenters. The second kappa shape index (κ2) is 4.55. The average molecular weight is 225 g/mol. The van der Waals surface area contributed by atoms with Gasteiger partial charge in [0.15, 0.2) is 0 Å². The molecule has 1 unspecified atom stereocenters. The van der Waals surface area contributed by atoms with Crippen molar-refractivity contribution in [2.24, 2.45) is 11.1 Å². The van der Waals surface area contributed by atoms with E-state index in [9.17, 15) is 5.11 Å². The van der Waals surface area contributed by atoms with Gasteiger partial charge in [0.05, 0.1) is 5.69 Å². The van der Waals surface area contributed by atoms with Gasteiger partial charge in [0.25, 0.3) is 0 Å². The lowest BCUT2D eigenvalue weighted by Gasteiger charge is -2.39. The maximum Gasteiger partial charge on any atom is 0.123 e. The van der Waals surface area contributed by atoms with Crippen LogP contribution in [0.25, 0.3) is 0 Å². The Morgan fingerprint density at radius 3 is 2.50 bits per heavy atom. The Morgan fingerprint density at radius 1 is 1.44 bits per heavy atom. The Morgan fingerprint density at radius 2 is 2.06 bits per heavy atom. The molecule has 0 saturated heterocycles. The first-order chi connectivity index (χ1) is 7.36. The maximum absolute atomic E-state index is 10.7. The van der Waals surface area contributed by atoms with Gasteiger partial charge in [-0.05, 0) is 17.9 Å². The van der Waals surface area contributed by atoms with Crippen molar-refractivity contribution in [2.75, 3.05) is 6.54 Å². The summed E-state index contributed by atoms with van der Waals surface area (Å²) in [6.45, 7) is 9.06. The van der Waals surface area contributed by atoms with Crippen molar-refractivity contribution < 1.29 is 5.11 Å². The van der Waals surface area contributed by atoms with Crippen LogP contribution in [0.1, 0.15) is 39.8 Å². The number of hydrogen-bond acceptors (Lipinski definition) is 3. The number of nitrogens with two attached hydrogens (primary N) is 1. The Balaban J connectivity index is 3.18. The highest BCUT2D eigenvalue weighted by molar-refractivity contribution is 5.16. The van der Waals surface area contributed by atoms with Crippen LogP contribution in [-0.2, 0) is 12.1 Å². The molecule has 0 aliphatic carbocycles. The van der Waals surface area contributed by atoms with Gasteiger partial charge < -0.3 is 10.8 Å². The molecule has 1 rings (SSSR count). The van der Waals surface area contributed by atoms with Crippen molar-refractivity contribution in [3.8, 4) is 0 Å². The Hall–Kier alpha value is -0.870. The fraction of sp³-hybridized carbons (Fsp3) is 0.750. The molecule has 0 bridgehead atoms. The van der Waals surface area contributed by atoms with E-state index in [-0.39, 0.29) is 12.0 Å². The summed E-state index contributed by atoms with van der Waals surface area (Å²) >= 11 is 0. The molecule has 0 amide bonds. The monoisotopic (exact) mass is 225 g/mol. The maximum atomic E-state index is 10.7. The highest BCUT2D eigenvalue weighted by atomic mass is 16.3. The van der Waals surface area contributed by atoms with Gasteiger partial charge in [-0.25, -0.2) is 0 Å². The molecule has 0 radical (unpaired) electrons. The fourth-order valence-corrected chi connectivity index (χ4v) is 1.87. The molecule has 0 spiro atoms. The van der Waals surface area contributed by atoms with E-state index in [1.54, 1.807) is 6.20 Å². The second-order valence-electron chi connectivity index (χ2n) is 5.25. The van der Waals surface area contributed by atoms with Crippen molar-refractivity contribution in [1.29, 1.82) is 0 Å². The summed E-state index contributed by atoms with van der Waals surface area (Å²) in [7, 11) is 0. The Kier molecular flexibility index (Phi) is 3.76.